The van der Waals surface area contributed by atoms with E-state index in [4.69, 9.17) is 11.6 Å². The number of hydrogen-bond acceptors (Lipinski definition) is 2. The molecule has 8 heteroatoms. The van der Waals surface area contributed by atoms with Crippen LogP contribution in [0.5, 0.6) is 0 Å². The largest absolute Gasteiger partial charge is 0.436 e. The first-order valence-corrected chi connectivity index (χ1v) is 7.63. The molecule has 1 fully saturated rings. The van der Waals surface area contributed by atoms with Crippen molar-refractivity contribution in [1.82, 2.24) is 15.1 Å². The highest BCUT2D eigenvalue weighted by molar-refractivity contribution is 6.32. The Labute approximate surface area is 132 Å². The van der Waals surface area contributed by atoms with Gasteiger partial charge in [0.15, 0.2) is 5.69 Å². The zero-order valence-corrected chi connectivity index (χ0v) is 13.4. The minimum atomic E-state index is -4.62. The van der Waals surface area contributed by atoms with E-state index < -0.39 is 17.9 Å². The lowest BCUT2D eigenvalue weighted by Gasteiger charge is -2.16. The van der Waals surface area contributed by atoms with Crippen molar-refractivity contribution >= 4 is 17.5 Å². The molecule has 0 aliphatic heterocycles. The van der Waals surface area contributed by atoms with Crippen LogP contribution in [0.3, 0.4) is 0 Å². The minimum Gasteiger partial charge on any atom is -0.354 e. The van der Waals surface area contributed by atoms with Crippen LogP contribution in [-0.4, -0.2) is 22.2 Å². The number of rotatable bonds is 5. The number of nitrogens with zero attached hydrogens (tertiary/aromatic N) is 2. The van der Waals surface area contributed by atoms with Gasteiger partial charge >= 0.3 is 6.18 Å². The first-order valence-electron chi connectivity index (χ1n) is 7.25. The van der Waals surface area contributed by atoms with Crippen molar-refractivity contribution in [3.63, 3.8) is 0 Å². The number of alkyl halides is 3. The van der Waals surface area contributed by atoms with E-state index in [1.807, 2.05) is 13.8 Å². The third kappa shape index (κ3) is 3.56. The van der Waals surface area contributed by atoms with Crippen LogP contribution in [0.25, 0.3) is 0 Å². The Bertz CT molecular complexity index is 564. The molecule has 1 aromatic rings. The van der Waals surface area contributed by atoms with E-state index in [2.05, 4.69) is 10.4 Å². The summed E-state index contributed by atoms with van der Waals surface area (Å²) < 4.78 is 40.1. The van der Waals surface area contributed by atoms with Gasteiger partial charge in [0, 0.05) is 12.5 Å². The van der Waals surface area contributed by atoms with Crippen molar-refractivity contribution in [1.29, 1.82) is 0 Å². The zero-order chi connectivity index (χ0) is 16.7. The number of carbonyl (C=O) groups excluding carboxylic acids is 1. The van der Waals surface area contributed by atoms with E-state index in [1.165, 1.54) is 6.92 Å². The van der Waals surface area contributed by atoms with Gasteiger partial charge in [-0.05, 0) is 25.7 Å². The predicted molar refractivity (Wildman–Crippen MR) is 76.8 cm³/mol. The molecule has 22 heavy (non-hydrogen) atoms. The molecule has 1 aliphatic carbocycles. The summed E-state index contributed by atoms with van der Waals surface area (Å²) in [5.41, 5.74) is -0.791. The Morgan fingerprint density at radius 2 is 2.00 bits per heavy atom. The summed E-state index contributed by atoms with van der Waals surface area (Å²) in [6, 6.07) is -0.831. The Morgan fingerprint density at radius 3 is 2.45 bits per heavy atom. The number of carbonyl (C=O) groups is 1. The molecule has 0 bridgehead atoms. The first kappa shape index (κ1) is 17.1. The van der Waals surface area contributed by atoms with E-state index in [0.717, 1.165) is 17.5 Å². The summed E-state index contributed by atoms with van der Waals surface area (Å²) in [4.78, 5) is 12.1. The molecule has 124 valence electrons. The van der Waals surface area contributed by atoms with Crippen LogP contribution >= 0.6 is 11.6 Å². The van der Waals surface area contributed by atoms with Gasteiger partial charge in [0.25, 0.3) is 0 Å². The molecule has 1 N–H and O–H groups in total. The van der Waals surface area contributed by atoms with Crippen LogP contribution in [0.2, 0.25) is 5.02 Å². The molecule has 1 amide bonds. The van der Waals surface area contributed by atoms with Crippen molar-refractivity contribution in [2.24, 2.45) is 5.92 Å². The highest BCUT2D eigenvalue weighted by atomic mass is 35.5. The van der Waals surface area contributed by atoms with Crippen LogP contribution in [0.1, 0.15) is 57.0 Å². The zero-order valence-electron chi connectivity index (χ0n) is 12.7. The monoisotopic (exact) mass is 337 g/mol. The molecule has 1 heterocycles. The van der Waals surface area contributed by atoms with E-state index in [1.54, 1.807) is 0 Å². The quantitative estimate of drug-likeness (QED) is 0.889. The average molecular weight is 338 g/mol. The smallest absolute Gasteiger partial charge is 0.354 e. The average Bonchev–Trinajstić information content (AvgIpc) is 3.17. The molecule has 0 radical (unpaired) electrons. The Balaban J connectivity index is 2.31. The van der Waals surface area contributed by atoms with Gasteiger partial charge in [-0.2, -0.15) is 18.3 Å². The standard InChI is InChI=1S/C14H19ClF3N3O/c1-7(2)6-19-13(22)8(3)21-11(9-4-5-9)10(15)12(20-21)14(16,17)18/h7-9H,4-6H2,1-3H3,(H,19,22)/t8-/m0/s1. The van der Waals surface area contributed by atoms with Crippen molar-refractivity contribution < 1.29 is 18.0 Å². The maximum Gasteiger partial charge on any atom is 0.436 e. The van der Waals surface area contributed by atoms with Crippen molar-refractivity contribution in [3.8, 4) is 0 Å². The number of halogens is 4. The van der Waals surface area contributed by atoms with Crippen LogP contribution in [0, 0.1) is 5.92 Å². The highest BCUT2D eigenvalue weighted by Crippen LogP contribution is 2.47. The van der Waals surface area contributed by atoms with Gasteiger partial charge in [0.05, 0.1) is 10.7 Å². The lowest BCUT2D eigenvalue weighted by molar-refractivity contribution is -0.141. The van der Waals surface area contributed by atoms with E-state index in [9.17, 15) is 18.0 Å². The second kappa shape index (κ2) is 6.10. The van der Waals surface area contributed by atoms with Gasteiger partial charge in [-0.3, -0.25) is 9.48 Å². The maximum absolute atomic E-state index is 13.0. The third-order valence-corrected chi connectivity index (χ3v) is 3.92. The predicted octanol–water partition coefficient (Wildman–Crippen LogP) is 3.77. The van der Waals surface area contributed by atoms with E-state index in [0.29, 0.717) is 12.2 Å². The van der Waals surface area contributed by atoms with E-state index >= 15 is 0 Å². The molecule has 0 unspecified atom stereocenters. The first-order chi connectivity index (χ1) is 10.1. The molecular formula is C14H19ClF3N3O. The van der Waals surface area contributed by atoms with Crippen LogP contribution in [0.15, 0.2) is 0 Å². The fraction of sp³-hybridized carbons (Fsp3) is 0.714. The molecule has 2 rings (SSSR count). The molecule has 1 aliphatic rings. The normalized spacial score (nSPS) is 16.9. The summed E-state index contributed by atoms with van der Waals surface area (Å²) >= 11 is 5.89. The van der Waals surface area contributed by atoms with Crippen LogP contribution < -0.4 is 5.32 Å². The van der Waals surface area contributed by atoms with Gasteiger partial charge in [-0.1, -0.05) is 25.4 Å². The fourth-order valence-corrected chi connectivity index (χ4v) is 2.58. The van der Waals surface area contributed by atoms with Gasteiger partial charge in [-0.15, -0.1) is 0 Å². The summed E-state index contributed by atoms with van der Waals surface area (Å²) in [6.07, 6.45) is -3.09. The van der Waals surface area contributed by atoms with Crippen molar-refractivity contribution in [3.05, 3.63) is 16.4 Å². The molecule has 1 atom stereocenters. The van der Waals surface area contributed by atoms with Crippen molar-refractivity contribution in [2.75, 3.05) is 6.54 Å². The SMILES string of the molecule is CC(C)CNC(=O)[C@H](C)n1nc(C(F)(F)F)c(Cl)c1C1CC1. The molecule has 0 spiro atoms. The second-order valence-corrected chi connectivity index (χ2v) is 6.46. The Morgan fingerprint density at radius 1 is 1.41 bits per heavy atom. The molecule has 0 saturated heterocycles. The minimum absolute atomic E-state index is 0.0450. The van der Waals surface area contributed by atoms with Gasteiger partial charge in [0.2, 0.25) is 5.91 Å². The molecule has 0 aromatic carbocycles. The maximum atomic E-state index is 13.0. The van der Waals surface area contributed by atoms with Crippen LogP contribution in [-0.2, 0) is 11.0 Å². The number of aromatic nitrogens is 2. The summed E-state index contributed by atoms with van der Waals surface area (Å²) in [6.45, 7) is 5.87. The fourth-order valence-electron chi connectivity index (χ4n) is 2.19. The van der Waals surface area contributed by atoms with E-state index in [-0.39, 0.29) is 22.8 Å². The Hall–Kier alpha value is -1.24. The summed E-state index contributed by atoms with van der Waals surface area (Å²) in [5.74, 6) is -0.147. The number of nitrogens with one attached hydrogen (secondary N) is 1. The van der Waals surface area contributed by atoms with Crippen LogP contribution in [0.4, 0.5) is 13.2 Å². The molecule has 1 saturated carbocycles. The molecule has 4 nitrogen and oxygen atoms in total. The van der Waals surface area contributed by atoms with Gasteiger partial charge < -0.3 is 5.32 Å². The molecule has 1 aromatic heterocycles. The highest BCUT2D eigenvalue weighted by Gasteiger charge is 2.43. The van der Waals surface area contributed by atoms with Gasteiger partial charge in [0.1, 0.15) is 6.04 Å². The van der Waals surface area contributed by atoms with Crippen molar-refractivity contribution in [2.45, 2.75) is 51.7 Å². The van der Waals surface area contributed by atoms with Gasteiger partial charge in [-0.25, -0.2) is 0 Å². The Kier molecular flexibility index (Phi) is 4.75. The third-order valence-electron chi connectivity index (χ3n) is 3.55. The summed E-state index contributed by atoms with van der Waals surface area (Å²) in [7, 11) is 0. The lowest BCUT2D eigenvalue weighted by atomic mass is 10.2. The second-order valence-electron chi connectivity index (χ2n) is 6.08. The number of hydrogen-bond donors (Lipinski definition) is 1. The lowest BCUT2D eigenvalue weighted by Crippen LogP contribution is -2.34. The number of amides is 1. The molecular weight excluding hydrogens is 319 g/mol. The topological polar surface area (TPSA) is 46.9 Å². The summed E-state index contributed by atoms with van der Waals surface area (Å²) in [5, 5.41) is 5.92.